The first-order chi connectivity index (χ1) is 10.9. The Morgan fingerprint density at radius 2 is 2.13 bits per heavy atom. The lowest BCUT2D eigenvalue weighted by atomic mass is 10.0. The van der Waals surface area contributed by atoms with E-state index in [9.17, 15) is 9.59 Å². The van der Waals surface area contributed by atoms with Crippen molar-refractivity contribution in [3.8, 4) is 11.1 Å². The largest absolute Gasteiger partial charge is 0.480 e. The predicted molar refractivity (Wildman–Crippen MR) is 91.4 cm³/mol. The molecule has 2 aromatic heterocycles. The maximum absolute atomic E-state index is 12.7. The fourth-order valence-corrected chi connectivity index (χ4v) is 3.66. The molecule has 0 saturated carbocycles. The Hall–Kier alpha value is -2.18. The fraction of sp³-hybridized carbons (Fsp3) is 0.188. The first-order valence-electron chi connectivity index (χ1n) is 6.85. The maximum Gasteiger partial charge on any atom is 0.323 e. The lowest BCUT2D eigenvalue weighted by Gasteiger charge is -2.06. The molecular formula is C16H13ClN2O3S. The first kappa shape index (κ1) is 15.7. The molecule has 0 aliphatic carbocycles. The summed E-state index contributed by atoms with van der Waals surface area (Å²) in [5, 5.41) is 10.0. The van der Waals surface area contributed by atoms with Gasteiger partial charge < -0.3 is 5.11 Å². The highest BCUT2D eigenvalue weighted by Crippen LogP contribution is 2.36. The van der Waals surface area contributed by atoms with Gasteiger partial charge in [-0.25, -0.2) is 4.98 Å². The highest BCUT2D eigenvalue weighted by atomic mass is 35.5. The van der Waals surface area contributed by atoms with Crippen LogP contribution in [0.25, 0.3) is 21.3 Å². The molecule has 2 heterocycles. The summed E-state index contributed by atoms with van der Waals surface area (Å²) < 4.78 is 1.11. The molecule has 5 nitrogen and oxygen atoms in total. The summed E-state index contributed by atoms with van der Waals surface area (Å²) in [7, 11) is 0. The highest BCUT2D eigenvalue weighted by molar-refractivity contribution is 7.19. The third-order valence-corrected chi connectivity index (χ3v) is 5.04. The van der Waals surface area contributed by atoms with Crippen LogP contribution < -0.4 is 5.56 Å². The zero-order chi connectivity index (χ0) is 16.7. The predicted octanol–water partition coefficient (Wildman–Crippen LogP) is 3.48. The van der Waals surface area contributed by atoms with Crippen molar-refractivity contribution < 1.29 is 9.90 Å². The van der Waals surface area contributed by atoms with Crippen LogP contribution >= 0.6 is 22.9 Å². The van der Waals surface area contributed by atoms with Gasteiger partial charge in [0.1, 0.15) is 11.4 Å². The van der Waals surface area contributed by atoms with Gasteiger partial charge in [0.05, 0.1) is 11.7 Å². The van der Waals surface area contributed by atoms with E-state index in [2.05, 4.69) is 4.98 Å². The van der Waals surface area contributed by atoms with Crippen LogP contribution in [-0.2, 0) is 11.3 Å². The Balaban J connectivity index is 2.31. The van der Waals surface area contributed by atoms with Crippen LogP contribution in [-0.4, -0.2) is 20.6 Å². The lowest BCUT2D eigenvalue weighted by Crippen LogP contribution is -2.24. The molecule has 23 heavy (non-hydrogen) atoms. The molecule has 118 valence electrons. The van der Waals surface area contributed by atoms with Crippen LogP contribution in [0.3, 0.4) is 0 Å². The number of aromatic nitrogens is 2. The first-order valence-corrected chi connectivity index (χ1v) is 8.04. The maximum atomic E-state index is 12.7. The van der Waals surface area contributed by atoms with E-state index in [0.29, 0.717) is 15.2 Å². The number of halogens is 1. The number of aryl methyl sites for hydroxylation is 2. The minimum atomic E-state index is -1.08. The van der Waals surface area contributed by atoms with Gasteiger partial charge in [-0.1, -0.05) is 17.7 Å². The van der Waals surface area contributed by atoms with Gasteiger partial charge in [0.15, 0.2) is 0 Å². The molecule has 0 atom stereocenters. The number of carboxylic acids is 1. The number of thiophene rings is 1. The zero-order valence-electron chi connectivity index (χ0n) is 12.5. The second-order valence-electron chi connectivity index (χ2n) is 5.25. The number of carbonyl (C=O) groups is 1. The van der Waals surface area contributed by atoms with E-state index in [-0.39, 0.29) is 5.56 Å². The van der Waals surface area contributed by atoms with Gasteiger partial charge >= 0.3 is 5.97 Å². The number of hydrogen-bond acceptors (Lipinski definition) is 4. The molecule has 0 aliphatic rings. The van der Waals surface area contributed by atoms with E-state index < -0.39 is 12.5 Å². The van der Waals surface area contributed by atoms with Crippen molar-refractivity contribution in [1.29, 1.82) is 0 Å². The van der Waals surface area contributed by atoms with Crippen LogP contribution in [0.4, 0.5) is 0 Å². The minimum Gasteiger partial charge on any atom is -0.480 e. The topological polar surface area (TPSA) is 72.2 Å². The van der Waals surface area contributed by atoms with Gasteiger partial charge in [0, 0.05) is 15.5 Å². The van der Waals surface area contributed by atoms with Crippen LogP contribution in [0.5, 0.6) is 0 Å². The summed E-state index contributed by atoms with van der Waals surface area (Å²) in [6.07, 6.45) is 1.28. The molecule has 0 aliphatic heterocycles. The third-order valence-electron chi connectivity index (χ3n) is 3.61. The summed E-state index contributed by atoms with van der Waals surface area (Å²) in [5.74, 6) is -1.08. The van der Waals surface area contributed by atoms with E-state index in [0.717, 1.165) is 26.1 Å². The van der Waals surface area contributed by atoms with Gasteiger partial charge in [-0.3, -0.25) is 14.2 Å². The number of rotatable bonds is 3. The van der Waals surface area contributed by atoms with E-state index >= 15 is 0 Å². The van der Waals surface area contributed by atoms with Crippen molar-refractivity contribution in [2.24, 2.45) is 0 Å². The van der Waals surface area contributed by atoms with E-state index in [4.69, 9.17) is 16.7 Å². The van der Waals surface area contributed by atoms with Crippen molar-refractivity contribution in [1.82, 2.24) is 9.55 Å². The number of benzene rings is 1. The van der Waals surface area contributed by atoms with Crippen LogP contribution in [0.1, 0.15) is 10.4 Å². The van der Waals surface area contributed by atoms with Crippen molar-refractivity contribution in [2.75, 3.05) is 0 Å². The van der Waals surface area contributed by atoms with Crippen molar-refractivity contribution in [3.05, 3.63) is 50.3 Å². The molecule has 0 amide bonds. The fourth-order valence-electron chi connectivity index (χ4n) is 2.54. The second-order valence-corrected chi connectivity index (χ2v) is 6.86. The van der Waals surface area contributed by atoms with Gasteiger partial charge in [-0.05, 0) is 37.1 Å². The molecule has 1 aromatic carbocycles. The van der Waals surface area contributed by atoms with Crippen LogP contribution in [0.2, 0.25) is 5.02 Å². The van der Waals surface area contributed by atoms with Crippen molar-refractivity contribution >= 4 is 39.1 Å². The average Bonchev–Trinajstić information content (AvgIpc) is 2.82. The molecule has 0 fully saturated rings. The Kier molecular flexibility index (Phi) is 3.95. The number of hydrogen-bond donors (Lipinski definition) is 1. The third kappa shape index (κ3) is 2.75. The number of nitrogens with zero attached hydrogens (tertiary/aromatic N) is 2. The normalized spacial score (nSPS) is 11.1. The summed E-state index contributed by atoms with van der Waals surface area (Å²) in [6, 6.07) is 5.57. The summed E-state index contributed by atoms with van der Waals surface area (Å²) in [5.41, 5.74) is 2.24. The standard InChI is InChI=1S/C16H13ClN2O3S/c1-8-5-10(3-4-11(8)17)13-9(2)23-15-14(13)16(22)19(7-18-15)6-12(20)21/h3-5,7H,6H2,1-2H3,(H,20,21). The molecule has 0 radical (unpaired) electrons. The molecule has 3 rings (SSSR count). The molecule has 1 N–H and O–H groups in total. The number of fused-ring (bicyclic) bond motifs is 1. The van der Waals surface area contributed by atoms with Crippen molar-refractivity contribution in [3.63, 3.8) is 0 Å². The summed E-state index contributed by atoms with van der Waals surface area (Å²) in [4.78, 5) is 29.4. The van der Waals surface area contributed by atoms with Gasteiger partial charge in [-0.15, -0.1) is 11.3 Å². The van der Waals surface area contributed by atoms with Gasteiger partial charge in [0.2, 0.25) is 0 Å². The van der Waals surface area contributed by atoms with Crippen LogP contribution in [0.15, 0.2) is 29.3 Å². The number of carboxylic acid groups (broad SMARTS) is 1. The van der Waals surface area contributed by atoms with Crippen molar-refractivity contribution in [2.45, 2.75) is 20.4 Å². The Morgan fingerprint density at radius 1 is 1.39 bits per heavy atom. The van der Waals surface area contributed by atoms with E-state index in [1.807, 2.05) is 26.0 Å². The Morgan fingerprint density at radius 3 is 2.78 bits per heavy atom. The second kappa shape index (κ2) is 5.79. The lowest BCUT2D eigenvalue weighted by molar-refractivity contribution is -0.137. The molecule has 0 spiro atoms. The molecule has 7 heteroatoms. The van der Waals surface area contributed by atoms with Crippen LogP contribution in [0, 0.1) is 13.8 Å². The number of aliphatic carboxylic acids is 1. The highest BCUT2D eigenvalue weighted by Gasteiger charge is 2.18. The Bertz CT molecular complexity index is 991. The zero-order valence-corrected chi connectivity index (χ0v) is 14.0. The summed E-state index contributed by atoms with van der Waals surface area (Å²) >= 11 is 7.49. The molecule has 3 aromatic rings. The molecule has 0 bridgehead atoms. The SMILES string of the molecule is Cc1cc(-c2c(C)sc3ncn(CC(=O)O)c(=O)c23)ccc1Cl. The monoisotopic (exact) mass is 348 g/mol. The molecule has 0 saturated heterocycles. The smallest absolute Gasteiger partial charge is 0.323 e. The molecular weight excluding hydrogens is 336 g/mol. The van der Waals surface area contributed by atoms with E-state index in [1.54, 1.807) is 6.07 Å². The minimum absolute atomic E-state index is 0.343. The van der Waals surface area contributed by atoms with E-state index in [1.165, 1.54) is 17.7 Å². The average molecular weight is 349 g/mol. The molecule has 0 unspecified atom stereocenters. The summed E-state index contributed by atoms with van der Waals surface area (Å²) in [6.45, 7) is 3.42. The Labute approximate surface area is 140 Å². The van der Waals surface area contributed by atoms with Gasteiger partial charge in [0.25, 0.3) is 5.56 Å². The van der Waals surface area contributed by atoms with Gasteiger partial charge in [-0.2, -0.15) is 0 Å². The quantitative estimate of drug-likeness (QED) is 0.786.